The average Bonchev–Trinajstić information content (AvgIpc) is 3.22. The van der Waals surface area contributed by atoms with Gasteiger partial charge in [-0.15, -0.1) is 0 Å². The van der Waals surface area contributed by atoms with Crippen molar-refractivity contribution in [3.63, 3.8) is 0 Å². The molecule has 4 rings (SSSR count). The first kappa shape index (κ1) is 17.0. The van der Waals surface area contributed by atoms with E-state index in [1.165, 1.54) is 0 Å². The molecule has 0 bridgehead atoms. The quantitative estimate of drug-likeness (QED) is 0.595. The van der Waals surface area contributed by atoms with Gasteiger partial charge in [-0.1, -0.05) is 12.1 Å². The number of amides is 1. The number of carbonyl (C=O) groups is 1. The van der Waals surface area contributed by atoms with Crippen LogP contribution in [0.5, 0.6) is 0 Å². The van der Waals surface area contributed by atoms with E-state index >= 15 is 0 Å². The number of carbonyl (C=O) groups excluding carboxylic acids is 1. The summed E-state index contributed by atoms with van der Waals surface area (Å²) in [6.45, 7) is 4.46. The average molecular weight is 359 g/mol. The second kappa shape index (κ2) is 7.07. The van der Waals surface area contributed by atoms with Crippen molar-refractivity contribution in [1.29, 1.82) is 0 Å². The fraction of sp³-hybridized carbons (Fsp3) is 0.190. The van der Waals surface area contributed by atoms with Gasteiger partial charge in [0, 0.05) is 42.9 Å². The maximum Gasteiger partial charge on any atom is 0.253 e. The van der Waals surface area contributed by atoms with Crippen LogP contribution in [0.1, 0.15) is 27.4 Å². The van der Waals surface area contributed by atoms with Crippen molar-refractivity contribution < 1.29 is 4.79 Å². The number of aromatic nitrogens is 4. The molecule has 1 N–H and O–H groups in total. The Hall–Kier alpha value is -3.41. The Morgan fingerprint density at radius 1 is 1.15 bits per heavy atom. The summed E-state index contributed by atoms with van der Waals surface area (Å²) in [5.74, 6) is 0.741. The molecule has 0 aliphatic heterocycles. The highest BCUT2D eigenvalue weighted by atomic mass is 16.1. The molecular weight excluding hydrogens is 338 g/mol. The summed E-state index contributed by atoms with van der Waals surface area (Å²) >= 11 is 0. The van der Waals surface area contributed by atoms with Gasteiger partial charge in [-0.05, 0) is 44.2 Å². The predicted molar refractivity (Wildman–Crippen MR) is 104 cm³/mol. The highest BCUT2D eigenvalue weighted by Gasteiger charge is 2.17. The normalized spacial score (nSPS) is 11.0. The molecule has 0 atom stereocenters. The first-order valence-electron chi connectivity index (χ1n) is 8.94. The van der Waals surface area contributed by atoms with E-state index < -0.39 is 0 Å². The van der Waals surface area contributed by atoms with Crippen molar-refractivity contribution in [3.8, 4) is 5.82 Å². The minimum absolute atomic E-state index is 0.0750. The van der Waals surface area contributed by atoms with Gasteiger partial charge in [0.1, 0.15) is 11.5 Å². The van der Waals surface area contributed by atoms with Crippen molar-refractivity contribution in [1.82, 2.24) is 24.3 Å². The molecular formula is C21H21N5O. The Labute approximate surface area is 157 Å². The van der Waals surface area contributed by atoms with Gasteiger partial charge in [0.15, 0.2) is 0 Å². The Morgan fingerprint density at radius 2 is 2.00 bits per heavy atom. The van der Waals surface area contributed by atoms with Crippen LogP contribution in [0.25, 0.3) is 11.5 Å². The maximum absolute atomic E-state index is 12.7. The van der Waals surface area contributed by atoms with Crippen molar-refractivity contribution in [3.05, 3.63) is 83.7 Å². The first-order valence-corrected chi connectivity index (χ1v) is 8.94. The van der Waals surface area contributed by atoms with E-state index in [-0.39, 0.29) is 5.91 Å². The Bertz CT molecular complexity index is 1060. The fourth-order valence-electron chi connectivity index (χ4n) is 3.34. The molecule has 6 nitrogen and oxygen atoms in total. The molecule has 0 fully saturated rings. The van der Waals surface area contributed by atoms with E-state index in [1.807, 2.05) is 77.7 Å². The molecule has 0 saturated carbocycles. The standard InChI is InChI=1S/C21H21N5O/c1-15-13-18(16(2)26(15)19-7-3-5-10-22-19)21(27)23-11-9-17-14-25-12-6-4-8-20(25)24-17/h3-8,10,12-14H,9,11H2,1-2H3,(H,23,27). The molecule has 1 amide bonds. The Kier molecular flexibility index (Phi) is 4.46. The molecule has 0 aliphatic rings. The minimum Gasteiger partial charge on any atom is -0.352 e. The Morgan fingerprint density at radius 3 is 2.78 bits per heavy atom. The highest BCUT2D eigenvalue weighted by Crippen LogP contribution is 2.19. The lowest BCUT2D eigenvalue weighted by atomic mass is 10.2. The first-order chi connectivity index (χ1) is 13.1. The monoisotopic (exact) mass is 359 g/mol. The number of aryl methyl sites for hydroxylation is 1. The smallest absolute Gasteiger partial charge is 0.253 e. The summed E-state index contributed by atoms with van der Waals surface area (Å²) in [4.78, 5) is 21.6. The second-order valence-electron chi connectivity index (χ2n) is 6.51. The summed E-state index contributed by atoms with van der Waals surface area (Å²) in [6.07, 6.45) is 6.40. The lowest BCUT2D eigenvalue weighted by molar-refractivity contribution is 0.0953. The largest absolute Gasteiger partial charge is 0.352 e. The van der Waals surface area contributed by atoms with Crippen molar-refractivity contribution in [2.75, 3.05) is 6.54 Å². The lowest BCUT2D eigenvalue weighted by Gasteiger charge is -2.08. The third-order valence-electron chi connectivity index (χ3n) is 4.63. The van der Waals surface area contributed by atoms with E-state index in [0.29, 0.717) is 18.5 Å². The summed E-state index contributed by atoms with van der Waals surface area (Å²) in [6, 6.07) is 13.6. The number of imidazole rings is 1. The third kappa shape index (κ3) is 3.33. The van der Waals surface area contributed by atoms with Crippen LogP contribution >= 0.6 is 0 Å². The number of nitrogens with zero attached hydrogens (tertiary/aromatic N) is 4. The number of hydrogen-bond acceptors (Lipinski definition) is 3. The number of pyridine rings is 2. The number of fused-ring (bicyclic) bond motifs is 1. The minimum atomic E-state index is -0.0750. The zero-order chi connectivity index (χ0) is 18.8. The summed E-state index contributed by atoms with van der Waals surface area (Å²) < 4.78 is 3.98. The molecule has 0 aliphatic carbocycles. The van der Waals surface area contributed by atoms with Gasteiger partial charge in [-0.2, -0.15) is 0 Å². The van der Waals surface area contributed by atoms with Gasteiger partial charge in [0.25, 0.3) is 5.91 Å². The van der Waals surface area contributed by atoms with Crippen molar-refractivity contribution in [2.45, 2.75) is 20.3 Å². The van der Waals surface area contributed by atoms with Gasteiger partial charge < -0.3 is 14.3 Å². The van der Waals surface area contributed by atoms with Gasteiger partial charge in [-0.25, -0.2) is 9.97 Å². The van der Waals surface area contributed by atoms with Gasteiger partial charge in [0.2, 0.25) is 0 Å². The van der Waals surface area contributed by atoms with E-state index in [2.05, 4.69) is 15.3 Å². The van der Waals surface area contributed by atoms with Gasteiger partial charge >= 0.3 is 0 Å². The van der Waals surface area contributed by atoms with E-state index in [9.17, 15) is 4.79 Å². The summed E-state index contributed by atoms with van der Waals surface area (Å²) in [5.41, 5.74) is 4.42. The summed E-state index contributed by atoms with van der Waals surface area (Å²) in [7, 11) is 0. The molecule has 0 aromatic carbocycles. The van der Waals surface area contributed by atoms with Crippen molar-refractivity contribution >= 4 is 11.6 Å². The number of hydrogen-bond donors (Lipinski definition) is 1. The van der Waals surface area contributed by atoms with Crippen molar-refractivity contribution in [2.24, 2.45) is 0 Å². The Balaban J connectivity index is 1.45. The van der Waals surface area contributed by atoms with Gasteiger partial charge in [0.05, 0.1) is 11.3 Å². The molecule has 0 unspecified atom stereocenters. The van der Waals surface area contributed by atoms with Crippen LogP contribution in [0.4, 0.5) is 0 Å². The predicted octanol–water partition coefficient (Wildman–Crippen LogP) is 3.11. The van der Waals surface area contributed by atoms with Crippen LogP contribution in [-0.2, 0) is 6.42 Å². The van der Waals surface area contributed by atoms with Crippen LogP contribution in [0, 0.1) is 13.8 Å². The van der Waals surface area contributed by atoms with Crippen LogP contribution in [0.2, 0.25) is 0 Å². The SMILES string of the molecule is Cc1cc(C(=O)NCCc2cn3ccccc3n2)c(C)n1-c1ccccn1. The maximum atomic E-state index is 12.7. The number of rotatable bonds is 5. The molecule has 0 radical (unpaired) electrons. The molecule has 6 heteroatoms. The fourth-order valence-corrected chi connectivity index (χ4v) is 3.34. The molecule has 4 aromatic rings. The number of nitrogens with one attached hydrogen (secondary N) is 1. The van der Waals surface area contributed by atoms with E-state index in [1.54, 1.807) is 6.20 Å². The van der Waals surface area contributed by atoms with Crippen LogP contribution in [-0.4, -0.2) is 31.4 Å². The topological polar surface area (TPSA) is 64.2 Å². The second-order valence-corrected chi connectivity index (χ2v) is 6.51. The molecule has 0 saturated heterocycles. The molecule has 136 valence electrons. The third-order valence-corrected chi connectivity index (χ3v) is 4.63. The molecule has 27 heavy (non-hydrogen) atoms. The highest BCUT2D eigenvalue weighted by molar-refractivity contribution is 5.95. The summed E-state index contributed by atoms with van der Waals surface area (Å²) in [5, 5.41) is 3.00. The molecule has 4 heterocycles. The molecule has 0 spiro atoms. The zero-order valence-electron chi connectivity index (χ0n) is 15.4. The van der Waals surface area contributed by atoms with E-state index in [0.717, 1.165) is 28.5 Å². The van der Waals surface area contributed by atoms with Crippen LogP contribution in [0.15, 0.2) is 61.1 Å². The van der Waals surface area contributed by atoms with Gasteiger partial charge in [-0.3, -0.25) is 4.79 Å². The lowest BCUT2D eigenvalue weighted by Crippen LogP contribution is -2.26. The van der Waals surface area contributed by atoms with Crippen LogP contribution < -0.4 is 5.32 Å². The van der Waals surface area contributed by atoms with Crippen LogP contribution in [0.3, 0.4) is 0 Å². The molecule has 4 aromatic heterocycles. The van der Waals surface area contributed by atoms with E-state index in [4.69, 9.17) is 0 Å². The zero-order valence-corrected chi connectivity index (χ0v) is 15.4.